The molecular weight excluding hydrogens is 265 g/mol. The van der Waals surface area contributed by atoms with Gasteiger partial charge in [-0.05, 0) is 18.6 Å². The molecule has 6 heteroatoms. The van der Waals surface area contributed by atoms with E-state index in [0.717, 1.165) is 0 Å². The summed E-state index contributed by atoms with van der Waals surface area (Å²) in [5.41, 5.74) is 6.51. The highest BCUT2D eigenvalue weighted by molar-refractivity contribution is 6.35. The first-order valence-electron chi connectivity index (χ1n) is 4.96. The van der Waals surface area contributed by atoms with E-state index in [1.165, 1.54) is 7.11 Å². The third-order valence-electron chi connectivity index (χ3n) is 2.31. The highest BCUT2D eigenvalue weighted by Gasteiger charge is 2.17. The van der Waals surface area contributed by atoms with Crippen LogP contribution in [0, 0.1) is 0 Å². The molecule has 0 saturated heterocycles. The molecule has 0 saturated carbocycles. The quantitative estimate of drug-likeness (QED) is 0.868. The Hall–Kier alpha value is -0.970. The summed E-state index contributed by atoms with van der Waals surface area (Å²) in [5, 5.41) is 9.41. The van der Waals surface area contributed by atoms with Gasteiger partial charge < -0.3 is 15.6 Å². The van der Waals surface area contributed by atoms with Crippen LogP contribution in [0.2, 0.25) is 10.0 Å². The smallest absolute Gasteiger partial charge is 0.303 e. The van der Waals surface area contributed by atoms with Gasteiger partial charge >= 0.3 is 5.97 Å². The Balaban J connectivity index is 2.98. The Labute approximate surface area is 109 Å². The van der Waals surface area contributed by atoms with E-state index < -0.39 is 12.0 Å². The number of carboxylic acids is 1. The maximum atomic E-state index is 10.5. The Morgan fingerprint density at radius 3 is 2.71 bits per heavy atom. The summed E-state index contributed by atoms with van der Waals surface area (Å²) in [6, 6.07) is 2.71. The largest absolute Gasteiger partial charge is 0.495 e. The van der Waals surface area contributed by atoms with Crippen molar-refractivity contribution in [1.29, 1.82) is 0 Å². The van der Waals surface area contributed by atoms with Crippen LogP contribution in [0.4, 0.5) is 0 Å². The molecule has 0 aromatic heterocycles. The van der Waals surface area contributed by atoms with Crippen LogP contribution in [-0.2, 0) is 4.79 Å². The fraction of sp³-hybridized carbons (Fsp3) is 0.364. The van der Waals surface area contributed by atoms with Gasteiger partial charge in [-0.3, -0.25) is 4.79 Å². The number of nitrogens with two attached hydrogens (primary N) is 1. The van der Waals surface area contributed by atoms with Crippen LogP contribution in [0.1, 0.15) is 24.4 Å². The van der Waals surface area contributed by atoms with E-state index in [4.69, 9.17) is 38.8 Å². The second-order valence-electron chi connectivity index (χ2n) is 3.55. The standard InChI is InChI=1S/C11H13Cl2NO3/c1-17-11-7(4-6(12)5-8(11)13)9(14)2-3-10(15)16/h4-5,9H,2-3,14H2,1H3,(H,15,16). The van der Waals surface area contributed by atoms with Gasteiger partial charge in [-0.25, -0.2) is 0 Å². The maximum absolute atomic E-state index is 10.5. The topological polar surface area (TPSA) is 72.5 Å². The van der Waals surface area contributed by atoms with Crippen LogP contribution >= 0.6 is 23.2 Å². The van der Waals surface area contributed by atoms with E-state index in [2.05, 4.69) is 0 Å². The Morgan fingerprint density at radius 1 is 1.53 bits per heavy atom. The summed E-state index contributed by atoms with van der Waals surface area (Å²) in [7, 11) is 1.47. The Morgan fingerprint density at radius 2 is 2.18 bits per heavy atom. The SMILES string of the molecule is COc1c(Cl)cc(Cl)cc1C(N)CCC(=O)O. The van der Waals surface area contributed by atoms with Crippen molar-refractivity contribution in [3.63, 3.8) is 0 Å². The molecule has 1 rings (SSSR count). The van der Waals surface area contributed by atoms with Crippen LogP contribution in [0.15, 0.2) is 12.1 Å². The number of ether oxygens (including phenoxy) is 1. The highest BCUT2D eigenvalue weighted by atomic mass is 35.5. The number of carboxylic acid groups (broad SMARTS) is 1. The van der Waals surface area contributed by atoms with Crippen molar-refractivity contribution < 1.29 is 14.6 Å². The zero-order valence-corrected chi connectivity index (χ0v) is 10.8. The molecule has 17 heavy (non-hydrogen) atoms. The molecule has 0 aliphatic heterocycles. The molecule has 3 N–H and O–H groups in total. The summed E-state index contributed by atoms with van der Waals surface area (Å²) < 4.78 is 5.14. The number of aliphatic carboxylic acids is 1. The van der Waals surface area contributed by atoms with Gasteiger partial charge in [-0.1, -0.05) is 23.2 Å². The molecule has 0 aliphatic rings. The van der Waals surface area contributed by atoms with Gasteiger partial charge in [0.15, 0.2) is 0 Å². The van der Waals surface area contributed by atoms with E-state index in [-0.39, 0.29) is 6.42 Å². The van der Waals surface area contributed by atoms with E-state index in [9.17, 15) is 4.79 Å². The van der Waals surface area contributed by atoms with Gasteiger partial charge in [0.05, 0.1) is 12.1 Å². The average molecular weight is 278 g/mol. The minimum Gasteiger partial charge on any atom is -0.495 e. The second-order valence-corrected chi connectivity index (χ2v) is 4.39. The van der Waals surface area contributed by atoms with E-state index >= 15 is 0 Å². The van der Waals surface area contributed by atoms with Gasteiger partial charge in [0.2, 0.25) is 0 Å². The molecule has 0 spiro atoms. The summed E-state index contributed by atoms with van der Waals surface area (Å²) in [5.74, 6) is -0.457. The molecule has 0 heterocycles. The molecule has 1 atom stereocenters. The minimum absolute atomic E-state index is 0.0194. The van der Waals surface area contributed by atoms with Crippen molar-refractivity contribution in [2.45, 2.75) is 18.9 Å². The van der Waals surface area contributed by atoms with Crippen molar-refractivity contribution in [1.82, 2.24) is 0 Å². The van der Waals surface area contributed by atoms with Gasteiger partial charge in [-0.15, -0.1) is 0 Å². The third kappa shape index (κ3) is 3.77. The molecule has 4 nitrogen and oxygen atoms in total. The predicted octanol–water partition coefficient (Wildman–Crippen LogP) is 2.87. The first-order valence-corrected chi connectivity index (χ1v) is 5.71. The zero-order valence-electron chi connectivity index (χ0n) is 9.24. The lowest BCUT2D eigenvalue weighted by atomic mass is 10.0. The fourth-order valence-corrected chi connectivity index (χ4v) is 2.09. The lowest BCUT2D eigenvalue weighted by Crippen LogP contribution is -2.13. The molecule has 0 fully saturated rings. The van der Waals surface area contributed by atoms with Crippen molar-refractivity contribution in [2.75, 3.05) is 7.11 Å². The van der Waals surface area contributed by atoms with Gasteiger partial charge in [0.1, 0.15) is 5.75 Å². The highest BCUT2D eigenvalue weighted by Crippen LogP contribution is 2.36. The molecule has 1 aromatic carbocycles. The van der Waals surface area contributed by atoms with E-state index in [1.807, 2.05) is 0 Å². The molecule has 94 valence electrons. The predicted molar refractivity (Wildman–Crippen MR) is 66.8 cm³/mol. The molecule has 0 aliphatic carbocycles. The lowest BCUT2D eigenvalue weighted by molar-refractivity contribution is -0.137. The number of halogens is 2. The van der Waals surface area contributed by atoms with Crippen molar-refractivity contribution in [2.24, 2.45) is 5.73 Å². The summed E-state index contributed by atoms with van der Waals surface area (Å²) >= 11 is 11.8. The molecule has 0 amide bonds. The lowest BCUT2D eigenvalue weighted by Gasteiger charge is -2.16. The van der Waals surface area contributed by atoms with E-state index in [0.29, 0.717) is 27.8 Å². The summed E-state index contributed by atoms with van der Waals surface area (Å²) in [6.07, 6.45) is 0.275. The number of benzene rings is 1. The number of carbonyl (C=O) groups is 1. The Bertz CT molecular complexity index is 423. The fourth-order valence-electron chi connectivity index (χ4n) is 1.51. The molecule has 0 radical (unpaired) electrons. The zero-order chi connectivity index (χ0) is 13.0. The van der Waals surface area contributed by atoms with Crippen molar-refractivity contribution in [3.05, 3.63) is 27.7 Å². The molecule has 1 unspecified atom stereocenters. The first kappa shape index (κ1) is 14.1. The first-order chi connectivity index (χ1) is 7.95. The molecule has 1 aromatic rings. The number of hydrogen-bond acceptors (Lipinski definition) is 3. The normalized spacial score (nSPS) is 12.2. The maximum Gasteiger partial charge on any atom is 0.303 e. The van der Waals surface area contributed by atoms with Crippen molar-refractivity contribution >= 4 is 29.2 Å². The molecule has 0 bridgehead atoms. The molecular formula is C11H13Cl2NO3. The average Bonchev–Trinajstić information content (AvgIpc) is 2.24. The second kappa shape index (κ2) is 6.10. The third-order valence-corrected chi connectivity index (χ3v) is 2.81. The number of methoxy groups -OCH3 is 1. The van der Waals surface area contributed by atoms with Gasteiger partial charge in [-0.2, -0.15) is 0 Å². The number of hydrogen-bond donors (Lipinski definition) is 2. The van der Waals surface area contributed by atoms with Crippen LogP contribution in [0.25, 0.3) is 0 Å². The van der Waals surface area contributed by atoms with Gasteiger partial charge in [0.25, 0.3) is 0 Å². The number of rotatable bonds is 5. The van der Waals surface area contributed by atoms with Crippen molar-refractivity contribution in [3.8, 4) is 5.75 Å². The summed E-state index contributed by atoms with van der Waals surface area (Å²) in [6.45, 7) is 0. The summed E-state index contributed by atoms with van der Waals surface area (Å²) in [4.78, 5) is 10.5. The van der Waals surface area contributed by atoms with Crippen LogP contribution < -0.4 is 10.5 Å². The van der Waals surface area contributed by atoms with Crippen LogP contribution in [0.5, 0.6) is 5.75 Å². The minimum atomic E-state index is -0.896. The monoisotopic (exact) mass is 277 g/mol. The van der Waals surface area contributed by atoms with Crippen LogP contribution in [0.3, 0.4) is 0 Å². The Kier molecular flexibility index (Phi) is 5.05. The van der Waals surface area contributed by atoms with Gasteiger partial charge in [0, 0.05) is 23.0 Å². The van der Waals surface area contributed by atoms with E-state index in [1.54, 1.807) is 12.1 Å². The van der Waals surface area contributed by atoms with Crippen LogP contribution in [-0.4, -0.2) is 18.2 Å².